The third kappa shape index (κ3) is 3.17. The summed E-state index contributed by atoms with van der Waals surface area (Å²) >= 11 is 7.50. The fourth-order valence-electron chi connectivity index (χ4n) is 3.69. The fraction of sp³-hybridized carbons (Fsp3) is 0.130. The molecule has 3 aromatic heterocycles. The summed E-state index contributed by atoms with van der Waals surface area (Å²) in [4.78, 5) is 18.2. The molecule has 1 N–H and O–H groups in total. The van der Waals surface area contributed by atoms with Crippen LogP contribution < -0.4 is 10.2 Å². The lowest BCUT2D eigenvalue weighted by Crippen LogP contribution is -2.14. The molecule has 8 heteroatoms. The van der Waals surface area contributed by atoms with Crippen LogP contribution in [0.2, 0.25) is 5.02 Å². The first-order valence-electron chi connectivity index (χ1n) is 9.63. The molecular formula is C23H17ClN2O4S. The number of furan rings is 1. The number of thiazole rings is 1. The molecule has 0 saturated heterocycles. The van der Waals surface area contributed by atoms with Crippen molar-refractivity contribution in [2.45, 2.75) is 20.4 Å². The molecule has 0 saturated carbocycles. The number of aromatic hydroxyl groups is 1. The predicted molar refractivity (Wildman–Crippen MR) is 122 cm³/mol. The number of phenolic OH excluding ortho intramolecular Hbond substituents is 1. The van der Waals surface area contributed by atoms with Crippen molar-refractivity contribution in [3.05, 3.63) is 73.8 Å². The number of benzene rings is 2. The molecule has 0 unspecified atom stereocenters. The van der Waals surface area contributed by atoms with Crippen LogP contribution in [0, 0.1) is 6.92 Å². The van der Waals surface area contributed by atoms with Gasteiger partial charge in [-0.15, -0.1) is 11.3 Å². The number of phenols is 1. The van der Waals surface area contributed by atoms with E-state index >= 15 is 0 Å². The third-order valence-corrected chi connectivity index (χ3v) is 6.24. The number of fused-ring (bicyclic) bond motifs is 2. The van der Waals surface area contributed by atoms with E-state index in [1.54, 1.807) is 13.0 Å². The molecule has 5 aromatic rings. The van der Waals surface area contributed by atoms with Gasteiger partial charge in [0.15, 0.2) is 27.1 Å². The Kier molecular flexibility index (Phi) is 4.72. The quantitative estimate of drug-likeness (QED) is 0.364. The van der Waals surface area contributed by atoms with Crippen LogP contribution in [0.4, 0.5) is 5.69 Å². The Morgan fingerprint density at radius 2 is 1.97 bits per heavy atom. The Balaban J connectivity index is 1.85. The second-order valence-electron chi connectivity index (χ2n) is 7.05. The van der Waals surface area contributed by atoms with E-state index in [1.807, 2.05) is 36.6 Å². The highest BCUT2D eigenvalue weighted by atomic mass is 35.5. The maximum Gasteiger partial charge on any atom is 0.196 e. The van der Waals surface area contributed by atoms with Gasteiger partial charge in [0.2, 0.25) is 0 Å². The molecule has 5 rings (SSSR count). The zero-order valence-corrected chi connectivity index (χ0v) is 18.3. The molecule has 156 valence electrons. The number of aryl methyl sites for hydroxylation is 1. The topological polar surface area (TPSA) is 80.9 Å². The molecule has 0 aliphatic carbocycles. The van der Waals surface area contributed by atoms with Crippen LogP contribution in [0.1, 0.15) is 12.7 Å². The minimum absolute atomic E-state index is 0.0933. The van der Waals surface area contributed by atoms with Gasteiger partial charge in [-0.1, -0.05) is 23.7 Å². The first kappa shape index (κ1) is 19.7. The number of hydrogen-bond acceptors (Lipinski definition) is 6. The molecule has 0 atom stereocenters. The van der Waals surface area contributed by atoms with Gasteiger partial charge in [0.1, 0.15) is 16.9 Å². The van der Waals surface area contributed by atoms with Gasteiger partial charge < -0.3 is 18.5 Å². The van der Waals surface area contributed by atoms with Gasteiger partial charge in [0, 0.05) is 23.0 Å². The van der Waals surface area contributed by atoms with Gasteiger partial charge in [0.05, 0.1) is 17.3 Å². The van der Waals surface area contributed by atoms with Crippen molar-refractivity contribution in [3.63, 3.8) is 0 Å². The van der Waals surface area contributed by atoms with Crippen molar-refractivity contribution in [1.29, 1.82) is 0 Å². The molecule has 0 bridgehead atoms. The smallest absolute Gasteiger partial charge is 0.196 e. The van der Waals surface area contributed by atoms with Crippen molar-refractivity contribution in [2.75, 3.05) is 0 Å². The average Bonchev–Trinajstić information content (AvgIpc) is 3.38. The number of halogens is 1. The second kappa shape index (κ2) is 7.44. The summed E-state index contributed by atoms with van der Waals surface area (Å²) in [5.74, 6) is 0.263. The van der Waals surface area contributed by atoms with Gasteiger partial charge in [-0.25, -0.2) is 4.99 Å². The van der Waals surface area contributed by atoms with E-state index in [0.717, 1.165) is 11.3 Å². The summed E-state index contributed by atoms with van der Waals surface area (Å²) in [6.45, 7) is 4.40. The first-order valence-corrected chi connectivity index (χ1v) is 10.9. The second-order valence-corrected chi connectivity index (χ2v) is 8.33. The molecule has 0 aliphatic rings. The first-order chi connectivity index (χ1) is 15.0. The highest BCUT2D eigenvalue weighted by molar-refractivity contribution is 7.07. The maximum atomic E-state index is 12.6. The number of rotatable bonds is 3. The molecular weight excluding hydrogens is 436 g/mol. The van der Waals surface area contributed by atoms with Crippen LogP contribution in [-0.2, 0) is 6.54 Å². The minimum atomic E-state index is -0.327. The molecule has 3 heterocycles. The fourth-order valence-corrected chi connectivity index (χ4v) is 4.80. The summed E-state index contributed by atoms with van der Waals surface area (Å²) in [7, 11) is 0. The molecule has 0 radical (unpaired) electrons. The number of nitrogens with zero attached hydrogens (tertiary/aromatic N) is 2. The molecule has 31 heavy (non-hydrogen) atoms. The SMILES string of the molecule is CCn1c(-c2ccc(Cl)cc2)csc1=Nc1c2occc2c(O)c2c(=O)cc(C)oc12. The van der Waals surface area contributed by atoms with Crippen LogP contribution in [-0.4, -0.2) is 9.67 Å². The van der Waals surface area contributed by atoms with Crippen LogP contribution in [0.3, 0.4) is 0 Å². The van der Waals surface area contributed by atoms with E-state index in [0.29, 0.717) is 38.8 Å². The Labute approximate surface area is 185 Å². The Bertz CT molecular complexity index is 1570. The van der Waals surface area contributed by atoms with E-state index in [1.165, 1.54) is 23.7 Å². The summed E-state index contributed by atoms with van der Waals surface area (Å²) < 4.78 is 13.5. The Hall–Kier alpha value is -3.29. The summed E-state index contributed by atoms with van der Waals surface area (Å²) in [6.07, 6.45) is 1.46. The number of aromatic nitrogens is 1. The van der Waals surface area contributed by atoms with Crippen molar-refractivity contribution >= 4 is 50.6 Å². The van der Waals surface area contributed by atoms with Crippen LogP contribution >= 0.6 is 22.9 Å². The maximum absolute atomic E-state index is 12.6. The van der Waals surface area contributed by atoms with Gasteiger partial charge in [0.25, 0.3) is 0 Å². The van der Waals surface area contributed by atoms with Gasteiger partial charge in [-0.05, 0) is 37.6 Å². The van der Waals surface area contributed by atoms with Gasteiger partial charge in [-0.3, -0.25) is 4.79 Å². The van der Waals surface area contributed by atoms with Gasteiger partial charge >= 0.3 is 0 Å². The van der Waals surface area contributed by atoms with Crippen molar-refractivity contribution in [1.82, 2.24) is 4.57 Å². The zero-order valence-electron chi connectivity index (χ0n) is 16.7. The van der Waals surface area contributed by atoms with E-state index in [4.69, 9.17) is 25.4 Å². The molecule has 2 aromatic carbocycles. The highest BCUT2D eigenvalue weighted by Gasteiger charge is 2.21. The Morgan fingerprint density at radius 1 is 1.19 bits per heavy atom. The molecule has 0 amide bonds. The third-order valence-electron chi connectivity index (χ3n) is 5.12. The number of hydrogen-bond donors (Lipinski definition) is 1. The standard InChI is InChI=1S/C23H17ClN2O4S/c1-3-26-16(13-4-6-14(24)7-5-13)11-31-23(26)25-19-21-15(8-9-29-21)20(28)18-17(27)10-12(2)30-22(18)19/h4-11,28H,3H2,1-2H3. The van der Waals surface area contributed by atoms with E-state index in [-0.39, 0.29) is 22.1 Å². The van der Waals surface area contributed by atoms with Crippen molar-refractivity contribution < 1.29 is 13.9 Å². The summed E-state index contributed by atoms with van der Waals surface area (Å²) in [6, 6.07) is 10.6. The lowest BCUT2D eigenvalue weighted by atomic mass is 10.1. The monoisotopic (exact) mass is 452 g/mol. The van der Waals surface area contributed by atoms with Crippen LogP contribution in [0.5, 0.6) is 5.75 Å². The van der Waals surface area contributed by atoms with Crippen molar-refractivity contribution in [3.8, 4) is 17.0 Å². The normalized spacial score (nSPS) is 12.3. The van der Waals surface area contributed by atoms with Crippen LogP contribution in [0.25, 0.3) is 33.2 Å². The predicted octanol–water partition coefficient (Wildman–Crippen LogP) is 5.99. The minimum Gasteiger partial charge on any atom is -0.506 e. The zero-order chi connectivity index (χ0) is 21.7. The lowest BCUT2D eigenvalue weighted by molar-refractivity contribution is 0.484. The summed E-state index contributed by atoms with van der Waals surface area (Å²) in [5.41, 5.74) is 2.63. The average molecular weight is 453 g/mol. The van der Waals surface area contributed by atoms with E-state index < -0.39 is 0 Å². The molecule has 0 spiro atoms. The molecule has 0 fully saturated rings. The van der Waals surface area contributed by atoms with Crippen molar-refractivity contribution in [2.24, 2.45) is 4.99 Å². The van der Waals surface area contributed by atoms with E-state index in [9.17, 15) is 9.90 Å². The highest BCUT2D eigenvalue weighted by Crippen LogP contribution is 2.41. The Morgan fingerprint density at radius 3 is 2.71 bits per heavy atom. The molecule has 6 nitrogen and oxygen atoms in total. The molecule has 0 aliphatic heterocycles. The van der Waals surface area contributed by atoms with Crippen LogP contribution in [0.15, 0.2) is 66.7 Å². The van der Waals surface area contributed by atoms with E-state index in [2.05, 4.69) is 4.57 Å². The largest absolute Gasteiger partial charge is 0.506 e. The lowest BCUT2D eigenvalue weighted by Gasteiger charge is -2.08. The van der Waals surface area contributed by atoms with Gasteiger partial charge in [-0.2, -0.15) is 0 Å². The summed E-state index contributed by atoms with van der Waals surface area (Å²) in [5, 5.41) is 13.9.